The summed E-state index contributed by atoms with van der Waals surface area (Å²) in [6, 6.07) is 5.80. The molecular formula is C12H16N2O5S. The monoisotopic (exact) mass is 300 g/mol. The highest BCUT2D eigenvalue weighted by atomic mass is 32.2. The number of rotatable bonds is 5. The molecule has 110 valence electrons. The Hall–Kier alpha value is -2.09. The van der Waals surface area contributed by atoms with E-state index < -0.39 is 22.4 Å². The predicted molar refractivity (Wildman–Crippen MR) is 73.7 cm³/mol. The lowest BCUT2D eigenvalue weighted by atomic mass is 10.1. The Kier molecular flexibility index (Phi) is 5.09. The Labute approximate surface area is 117 Å². The molecule has 8 heteroatoms. The van der Waals surface area contributed by atoms with Crippen LogP contribution in [0.25, 0.3) is 0 Å². The molecule has 0 aromatic heterocycles. The van der Waals surface area contributed by atoms with Gasteiger partial charge < -0.3 is 4.74 Å². The lowest BCUT2D eigenvalue weighted by Gasteiger charge is -2.11. The Morgan fingerprint density at radius 2 is 1.70 bits per heavy atom. The molecule has 0 aliphatic rings. The molecule has 0 aliphatic heterocycles. The first-order chi connectivity index (χ1) is 9.19. The molecule has 0 unspecified atom stereocenters. The quantitative estimate of drug-likeness (QED) is 0.806. The van der Waals surface area contributed by atoms with Crippen LogP contribution in [0.4, 0.5) is 10.5 Å². The maximum Gasteiger partial charge on any atom is 0.422 e. The highest BCUT2D eigenvalue weighted by Crippen LogP contribution is 2.11. The molecule has 2 N–H and O–H groups in total. The Balaban J connectivity index is 2.71. The number of Topliss-reactive ketones (excluding diaryl/α,β-unsaturated/α-hetero) is 1. The van der Waals surface area contributed by atoms with Gasteiger partial charge in [0.25, 0.3) is 0 Å². The van der Waals surface area contributed by atoms with Crippen LogP contribution in [0.3, 0.4) is 0 Å². The third-order valence-corrected chi connectivity index (χ3v) is 3.04. The van der Waals surface area contributed by atoms with E-state index in [9.17, 15) is 18.0 Å². The summed E-state index contributed by atoms with van der Waals surface area (Å²) in [6.07, 6.45) is -1.49. The number of ether oxygens (including phenoxy) is 1. The highest BCUT2D eigenvalue weighted by molar-refractivity contribution is 7.91. The number of hydrogen-bond acceptors (Lipinski definition) is 5. The van der Waals surface area contributed by atoms with E-state index in [0.717, 1.165) is 0 Å². The van der Waals surface area contributed by atoms with Crippen LogP contribution in [-0.4, -0.2) is 26.4 Å². The first-order valence-corrected chi connectivity index (χ1v) is 7.30. The normalized spacial score (nSPS) is 11.0. The van der Waals surface area contributed by atoms with Gasteiger partial charge in [-0.05, 0) is 45.0 Å². The minimum atomic E-state index is -4.07. The number of ketones is 1. The lowest BCUT2D eigenvalue weighted by Crippen LogP contribution is -2.36. The third kappa shape index (κ3) is 5.27. The Morgan fingerprint density at radius 3 is 2.15 bits per heavy atom. The summed E-state index contributed by atoms with van der Waals surface area (Å²) in [4.78, 5) is 22.3. The standard InChI is InChI=1S/C12H16N2O5S/c1-8(2)19-12(16)14-20(17,18)13-11-6-4-10(5-7-11)9(3)15/h4-8,13H,1-3H3,(H,14,16). The molecule has 7 nitrogen and oxygen atoms in total. The van der Waals surface area contributed by atoms with Crippen molar-refractivity contribution < 1.29 is 22.7 Å². The van der Waals surface area contributed by atoms with Crippen LogP contribution in [-0.2, 0) is 14.9 Å². The van der Waals surface area contributed by atoms with E-state index in [1.54, 1.807) is 18.6 Å². The molecule has 0 heterocycles. The zero-order valence-electron chi connectivity index (χ0n) is 11.3. The van der Waals surface area contributed by atoms with E-state index in [2.05, 4.69) is 9.46 Å². The number of amides is 1. The van der Waals surface area contributed by atoms with Gasteiger partial charge in [0, 0.05) is 5.56 Å². The first-order valence-electron chi connectivity index (χ1n) is 5.82. The molecule has 0 saturated heterocycles. The fourth-order valence-electron chi connectivity index (χ4n) is 1.30. The van der Waals surface area contributed by atoms with E-state index in [1.165, 1.54) is 31.2 Å². The number of hydrogen-bond donors (Lipinski definition) is 2. The molecule has 1 rings (SSSR count). The smallest absolute Gasteiger partial charge is 0.422 e. The number of benzene rings is 1. The average molecular weight is 300 g/mol. The van der Waals surface area contributed by atoms with E-state index in [4.69, 9.17) is 0 Å². The number of carbonyl (C=O) groups excluding carboxylic acids is 2. The Bertz CT molecular complexity index is 593. The molecule has 0 spiro atoms. The van der Waals surface area contributed by atoms with Gasteiger partial charge in [-0.1, -0.05) is 0 Å². The third-order valence-electron chi connectivity index (χ3n) is 2.10. The molecule has 0 radical (unpaired) electrons. The fourth-order valence-corrected chi connectivity index (χ4v) is 2.07. The van der Waals surface area contributed by atoms with Crippen molar-refractivity contribution in [1.82, 2.24) is 4.72 Å². The van der Waals surface area contributed by atoms with Gasteiger partial charge in [0.2, 0.25) is 0 Å². The summed E-state index contributed by atoms with van der Waals surface area (Å²) < 4.78 is 31.7. The fraction of sp³-hybridized carbons (Fsp3) is 0.333. The number of carbonyl (C=O) groups is 2. The van der Waals surface area contributed by atoms with Crippen LogP contribution in [0.1, 0.15) is 31.1 Å². The lowest BCUT2D eigenvalue weighted by molar-refractivity contribution is 0.101. The molecule has 0 bridgehead atoms. The largest absolute Gasteiger partial charge is 0.446 e. The van der Waals surface area contributed by atoms with Crippen LogP contribution < -0.4 is 9.44 Å². The molecule has 20 heavy (non-hydrogen) atoms. The SMILES string of the molecule is CC(=O)c1ccc(NS(=O)(=O)NC(=O)OC(C)C)cc1. The van der Waals surface area contributed by atoms with Crippen molar-refractivity contribution in [3.63, 3.8) is 0 Å². The van der Waals surface area contributed by atoms with Gasteiger partial charge in [-0.25, -0.2) is 9.52 Å². The Morgan fingerprint density at radius 1 is 1.15 bits per heavy atom. The topological polar surface area (TPSA) is 102 Å². The minimum Gasteiger partial charge on any atom is -0.446 e. The van der Waals surface area contributed by atoms with Gasteiger partial charge in [0.05, 0.1) is 11.8 Å². The molecule has 0 atom stereocenters. The van der Waals surface area contributed by atoms with Crippen molar-refractivity contribution in [3.05, 3.63) is 29.8 Å². The van der Waals surface area contributed by atoms with E-state index in [0.29, 0.717) is 5.56 Å². The average Bonchev–Trinajstić information content (AvgIpc) is 2.26. The van der Waals surface area contributed by atoms with Crippen molar-refractivity contribution in [3.8, 4) is 0 Å². The second-order valence-electron chi connectivity index (χ2n) is 4.30. The van der Waals surface area contributed by atoms with Crippen LogP contribution in [0.2, 0.25) is 0 Å². The molecule has 0 aliphatic carbocycles. The van der Waals surface area contributed by atoms with E-state index in [-0.39, 0.29) is 11.5 Å². The summed E-state index contributed by atoms with van der Waals surface area (Å²) in [7, 11) is -4.07. The van der Waals surface area contributed by atoms with Crippen LogP contribution in [0.15, 0.2) is 24.3 Å². The molecule has 1 aromatic rings. The zero-order valence-corrected chi connectivity index (χ0v) is 12.2. The highest BCUT2D eigenvalue weighted by Gasteiger charge is 2.16. The maximum atomic E-state index is 11.6. The molecule has 0 fully saturated rings. The van der Waals surface area contributed by atoms with E-state index in [1.807, 2.05) is 0 Å². The van der Waals surface area contributed by atoms with Crippen molar-refractivity contribution in [2.45, 2.75) is 26.9 Å². The molecule has 1 aromatic carbocycles. The number of anilines is 1. The minimum absolute atomic E-state index is 0.127. The van der Waals surface area contributed by atoms with Crippen molar-refractivity contribution in [2.75, 3.05) is 4.72 Å². The molecular weight excluding hydrogens is 284 g/mol. The van der Waals surface area contributed by atoms with Crippen molar-refractivity contribution >= 4 is 27.8 Å². The van der Waals surface area contributed by atoms with Crippen molar-refractivity contribution in [1.29, 1.82) is 0 Å². The van der Waals surface area contributed by atoms with Crippen LogP contribution in [0, 0.1) is 0 Å². The second-order valence-corrected chi connectivity index (χ2v) is 5.71. The van der Waals surface area contributed by atoms with Crippen LogP contribution >= 0.6 is 0 Å². The van der Waals surface area contributed by atoms with Gasteiger partial charge in [-0.3, -0.25) is 9.52 Å². The van der Waals surface area contributed by atoms with E-state index >= 15 is 0 Å². The zero-order chi connectivity index (χ0) is 15.3. The summed E-state index contributed by atoms with van der Waals surface area (Å²) >= 11 is 0. The maximum absolute atomic E-state index is 11.6. The summed E-state index contributed by atoms with van der Waals surface area (Å²) in [5, 5.41) is 0. The number of nitrogens with one attached hydrogen (secondary N) is 2. The van der Waals surface area contributed by atoms with Gasteiger partial charge in [-0.15, -0.1) is 0 Å². The van der Waals surface area contributed by atoms with Crippen molar-refractivity contribution in [2.24, 2.45) is 0 Å². The first kappa shape index (κ1) is 16.0. The van der Waals surface area contributed by atoms with Gasteiger partial charge in [0.15, 0.2) is 5.78 Å². The van der Waals surface area contributed by atoms with Crippen LogP contribution in [0.5, 0.6) is 0 Å². The van der Waals surface area contributed by atoms with Gasteiger partial charge in [-0.2, -0.15) is 8.42 Å². The second kappa shape index (κ2) is 6.38. The summed E-state index contributed by atoms with van der Waals surface area (Å²) in [5.74, 6) is -0.127. The van der Waals surface area contributed by atoms with Gasteiger partial charge >= 0.3 is 16.3 Å². The molecule has 0 saturated carbocycles. The predicted octanol–water partition coefficient (Wildman–Crippen LogP) is 1.68. The summed E-state index contributed by atoms with van der Waals surface area (Å²) in [5.41, 5.74) is 0.681. The summed E-state index contributed by atoms with van der Waals surface area (Å²) in [6.45, 7) is 4.60. The van der Waals surface area contributed by atoms with Gasteiger partial charge in [0.1, 0.15) is 0 Å². The molecule has 1 amide bonds.